The fraction of sp³-hybridized carbons (Fsp3) is 0.913. The van der Waals surface area contributed by atoms with Crippen LogP contribution in [0, 0.1) is 34.5 Å². The van der Waals surface area contributed by atoms with Crippen LogP contribution in [0.5, 0.6) is 0 Å². The number of aliphatic hydroxyl groups excluding tert-OH is 1. The van der Waals surface area contributed by atoms with E-state index in [2.05, 4.69) is 33.8 Å². The molecule has 9 atom stereocenters. The van der Waals surface area contributed by atoms with E-state index in [4.69, 9.17) is 9.47 Å². The van der Waals surface area contributed by atoms with Crippen molar-refractivity contribution in [2.75, 3.05) is 6.61 Å². The van der Waals surface area contributed by atoms with E-state index >= 15 is 0 Å². The molecule has 2 bridgehead atoms. The number of fused-ring (bicyclic) bond motifs is 3. The minimum atomic E-state index is -0.380. The number of hydrogen-bond donors (Lipinski definition) is 1. The van der Waals surface area contributed by atoms with Crippen molar-refractivity contribution < 1.29 is 14.6 Å². The van der Waals surface area contributed by atoms with Gasteiger partial charge in [-0.05, 0) is 62.2 Å². The molecule has 3 nitrogen and oxygen atoms in total. The fourth-order valence-corrected chi connectivity index (χ4v) is 8.15. The Hall–Kier alpha value is -0.380. The number of ether oxygens (including phenoxy) is 2. The summed E-state index contributed by atoms with van der Waals surface area (Å²) in [5, 5.41) is 10.2. The topological polar surface area (TPSA) is 38.7 Å². The van der Waals surface area contributed by atoms with Gasteiger partial charge in [-0.3, -0.25) is 0 Å². The van der Waals surface area contributed by atoms with Gasteiger partial charge in [0.2, 0.25) is 0 Å². The second-order valence-electron chi connectivity index (χ2n) is 10.5. The minimum absolute atomic E-state index is 0.138. The zero-order chi connectivity index (χ0) is 18.3. The third kappa shape index (κ3) is 1.96. The van der Waals surface area contributed by atoms with Gasteiger partial charge in [-0.2, -0.15) is 0 Å². The lowest BCUT2D eigenvalue weighted by Gasteiger charge is -2.63. The molecule has 3 aliphatic carbocycles. The summed E-state index contributed by atoms with van der Waals surface area (Å²) in [5.41, 5.74) is 1.90. The Morgan fingerprint density at radius 2 is 2.00 bits per heavy atom. The third-order valence-corrected chi connectivity index (χ3v) is 9.41. The van der Waals surface area contributed by atoms with E-state index in [1.165, 1.54) is 18.4 Å². The van der Waals surface area contributed by atoms with Gasteiger partial charge in [0.1, 0.15) is 0 Å². The molecule has 0 amide bonds. The Labute approximate surface area is 158 Å². The van der Waals surface area contributed by atoms with Crippen LogP contribution in [0.1, 0.15) is 72.6 Å². The quantitative estimate of drug-likeness (QED) is 0.690. The first-order chi connectivity index (χ1) is 12.4. The third-order valence-electron chi connectivity index (χ3n) is 9.41. The van der Waals surface area contributed by atoms with E-state index in [9.17, 15) is 5.11 Å². The van der Waals surface area contributed by atoms with Crippen molar-refractivity contribution in [3.05, 3.63) is 11.6 Å². The molecule has 0 aromatic heterocycles. The van der Waals surface area contributed by atoms with Gasteiger partial charge in [0.05, 0.1) is 18.8 Å². The second kappa shape index (κ2) is 5.58. The largest absolute Gasteiger partial charge is 0.393 e. The van der Waals surface area contributed by atoms with Gasteiger partial charge in [0, 0.05) is 17.3 Å². The van der Waals surface area contributed by atoms with Crippen molar-refractivity contribution in [1.82, 2.24) is 0 Å². The summed E-state index contributed by atoms with van der Waals surface area (Å²) in [6.07, 6.45) is 10.3. The first-order valence-electron chi connectivity index (χ1n) is 11.0. The SMILES string of the molecule is CCC1OC23OCC(C)C1C2(C)CCC1C3CC=C2CC(O)CCC21C. The summed E-state index contributed by atoms with van der Waals surface area (Å²) in [6, 6.07) is 0. The molecule has 0 radical (unpaired) electrons. The average molecular weight is 361 g/mol. The monoisotopic (exact) mass is 360 g/mol. The highest BCUT2D eigenvalue weighted by Crippen LogP contribution is 2.71. The van der Waals surface area contributed by atoms with Crippen LogP contribution in [-0.2, 0) is 9.47 Å². The van der Waals surface area contributed by atoms with Crippen LogP contribution >= 0.6 is 0 Å². The van der Waals surface area contributed by atoms with Gasteiger partial charge in [-0.25, -0.2) is 0 Å². The molecule has 4 fully saturated rings. The zero-order valence-electron chi connectivity index (χ0n) is 17.0. The predicted molar refractivity (Wildman–Crippen MR) is 101 cm³/mol. The molecule has 2 saturated heterocycles. The molecule has 0 spiro atoms. The number of hydrogen-bond acceptors (Lipinski definition) is 3. The first kappa shape index (κ1) is 17.7. The highest BCUT2D eigenvalue weighted by Gasteiger charge is 2.73. The molecule has 2 heterocycles. The Balaban J connectivity index is 1.58. The molecule has 0 aromatic carbocycles. The van der Waals surface area contributed by atoms with Gasteiger partial charge >= 0.3 is 0 Å². The molecule has 1 N–H and O–H groups in total. The number of allylic oxidation sites excluding steroid dienone is 1. The molecule has 2 aliphatic heterocycles. The Morgan fingerprint density at radius 1 is 1.19 bits per heavy atom. The molecule has 5 rings (SSSR count). The van der Waals surface area contributed by atoms with Crippen LogP contribution in [0.15, 0.2) is 11.6 Å². The van der Waals surface area contributed by atoms with Gasteiger partial charge in [0.15, 0.2) is 5.79 Å². The van der Waals surface area contributed by atoms with Crippen LogP contribution in [0.4, 0.5) is 0 Å². The molecule has 26 heavy (non-hydrogen) atoms. The number of aliphatic hydroxyl groups is 1. The van der Waals surface area contributed by atoms with Crippen LogP contribution in [-0.4, -0.2) is 29.7 Å². The van der Waals surface area contributed by atoms with E-state index < -0.39 is 0 Å². The normalized spacial score (nSPS) is 58.4. The Kier molecular flexibility index (Phi) is 3.80. The highest BCUT2D eigenvalue weighted by molar-refractivity contribution is 5.27. The Morgan fingerprint density at radius 3 is 2.77 bits per heavy atom. The molecular weight excluding hydrogens is 324 g/mol. The van der Waals surface area contributed by atoms with E-state index in [1.807, 2.05) is 0 Å². The van der Waals surface area contributed by atoms with Crippen LogP contribution in [0.3, 0.4) is 0 Å². The standard InChI is InChI=1S/C23H36O3/c1-5-19-20-14(2)13-25-23(26-19)18-7-6-15-12-16(24)8-10-21(15,3)17(18)9-11-22(20,23)4/h6,14,16-20,24H,5,7-13H2,1-4H3. The van der Waals surface area contributed by atoms with Crippen LogP contribution in [0.2, 0.25) is 0 Å². The molecule has 5 aliphatic rings. The summed E-state index contributed by atoms with van der Waals surface area (Å²) >= 11 is 0. The van der Waals surface area contributed by atoms with Crippen molar-refractivity contribution in [2.24, 2.45) is 34.5 Å². The molecule has 9 unspecified atom stereocenters. The predicted octanol–water partition coefficient (Wildman–Crippen LogP) is 4.69. The average Bonchev–Trinajstić information content (AvgIpc) is 2.78. The Bertz CT molecular complexity index is 629. The maximum Gasteiger partial charge on any atom is 0.177 e. The van der Waals surface area contributed by atoms with Crippen molar-refractivity contribution in [2.45, 2.75) is 90.6 Å². The van der Waals surface area contributed by atoms with Gasteiger partial charge in [-0.1, -0.05) is 39.3 Å². The molecule has 3 heteroatoms. The van der Waals surface area contributed by atoms with Gasteiger partial charge in [-0.15, -0.1) is 0 Å². The van der Waals surface area contributed by atoms with Crippen molar-refractivity contribution in [3.8, 4) is 0 Å². The molecule has 2 saturated carbocycles. The summed E-state index contributed by atoms with van der Waals surface area (Å²) < 4.78 is 13.6. The van der Waals surface area contributed by atoms with E-state index in [-0.39, 0.29) is 22.7 Å². The lowest BCUT2D eigenvalue weighted by molar-refractivity contribution is -0.340. The van der Waals surface area contributed by atoms with Gasteiger partial charge in [0.25, 0.3) is 0 Å². The molecule has 146 valence electrons. The fourth-order valence-electron chi connectivity index (χ4n) is 8.15. The lowest BCUT2D eigenvalue weighted by Crippen LogP contribution is -2.65. The van der Waals surface area contributed by atoms with Crippen molar-refractivity contribution >= 4 is 0 Å². The van der Waals surface area contributed by atoms with E-state index in [1.54, 1.807) is 0 Å². The highest BCUT2D eigenvalue weighted by atomic mass is 16.7. The molecular formula is C23H36O3. The van der Waals surface area contributed by atoms with Crippen molar-refractivity contribution in [1.29, 1.82) is 0 Å². The van der Waals surface area contributed by atoms with Crippen LogP contribution < -0.4 is 0 Å². The van der Waals surface area contributed by atoms with Crippen LogP contribution in [0.25, 0.3) is 0 Å². The first-order valence-corrected chi connectivity index (χ1v) is 11.0. The zero-order valence-corrected chi connectivity index (χ0v) is 17.0. The number of rotatable bonds is 1. The van der Waals surface area contributed by atoms with Crippen molar-refractivity contribution in [3.63, 3.8) is 0 Å². The maximum atomic E-state index is 10.2. The second-order valence-corrected chi connectivity index (χ2v) is 10.5. The smallest absolute Gasteiger partial charge is 0.177 e. The summed E-state index contributed by atoms with van der Waals surface area (Å²) in [6.45, 7) is 10.4. The van der Waals surface area contributed by atoms with E-state index in [0.29, 0.717) is 29.8 Å². The van der Waals surface area contributed by atoms with Gasteiger partial charge < -0.3 is 14.6 Å². The molecule has 0 aromatic rings. The summed E-state index contributed by atoms with van der Waals surface area (Å²) in [7, 11) is 0. The summed E-state index contributed by atoms with van der Waals surface area (Å²) in [4.78, 5) is 0. The lowest BCUT2D eigenvalue weighted by atomic mass is 9.46. The summed E-state index contributed by atoms with van der Waals surface area (Å²) in [5.74, 6) is 1.94. The minimum Gasteiger partial charge on any atom is -0.393 e. The maximum absolute atomic E-state index is 10.2. The van der Waals surface area contributed by atoms with E-state index in [0.717, 1.165) is 38.7 Å².